The maximum absolute atomic E-state index is 10.2. The second-order valence-electron chi connectivity index (χ2n) is 4.66. The quantitative estimate of drug-likeness (QED) is 0.771. The molecule has 2 fully saturated rings. The topological polar surface area (TPSA) is 38.0 Å². The molecule has 76 valence electrons. The van der Waals surface area contributed by atoms with E-state index in [0.29, 0.717) is 5.92 Å². The number of nitrogens with zero attached hydrogens (tertiary/aromatic N) is 2. The lowest BCUT2D eigenvalue weighted by Crippen LogP contribution is -2.09. The maximum atomic E-state index is 10.2. The molecule has 1 N–H and O–H groups in total. The summed E-state index contributed by atoms with van der Waals surface area (Å²) >= 11 is 0. The number of rotatable bonds is 2. The predicted octanol–water partition coefficient (Wildman–Crippen LogP) is 1.50. The molecule has 1 heterocycles. The molecule has 0 aliphatic heterocycles. The lowest BCUT2D eigenvalue weighted by molar-refractivity contribution is 0.128. The summed E-state index contributed by atoms with van der Waals surface area (Å²) < 4.78 is 1.79. The molecule has 0 bridgehead atoms. The number of hydrogen-bond donors (Lipinski definition) is 1. The summed E-state index contributed by atoms with van der Waals surface area (Å²) in [5, 5.41) is 14.3. The van der Waals surface area contributed by atoms with E-state index in [1.807, 2.05) is 13.1 Å². The molecule has 0 spiro atoms. The van der Waals surface area contributed by atoms with E-state index >= 15 is 0 Å². The number of aryl methyl sites for hydroxylation is 1. The summed E-state index contributed by atoms with van der Waals surface area (Å²) in [6.07, 6.45) is 5.49. The molecule has 0 saturated heterocycles. The van der Waals surface area contributed by atoms with Crippen LogP contribution in [0.5, 0.6) is 0 Å². The van der Waals surface area contributed by atoms with Gasteiger partial charge in [-0.25, -0.2) is 0 Å². The molecule has 3 unspecified atom stereocenters. The molecule has 2 aliphatic carbocycles. The van der Waals surface area contributed by atoms with Crippen molar-refractivity contribution in [3.8, 4) is 0 Å². The van der Waals surface area contributed by atoms with Crippen molar-refractivity contribution < 1.29 is 5.11 Å². The second kappa shape index (κ2) is 2.83. The van der Waals surface area contributed by atoms with Gasteiger partial charge in [0.25, 0.3) is 0 Å². The molecule has 14 heavy (non-hydrogen) atoms. The van der Waals surface area contributed by atoms with Crippen molar-refractivity contribution in [1.82, 2.24) is 9.78 Å². The lowest BCUT2D eigenvalue weighted by atomic mass is 10.0. The minimum Gasteiger partial charge on any atom is -0.387 e. The molecule has 1 aromatic rings. The van der Waals surface area contributed by atoms with Crippen molar-refractivity contribution in [1.29, 1.82) is 0 Å². The third-order valence-corrected chi connectivity index (χ3v) is 4.00. The zero-order valence-corrected chi connectivity index (χ0v) is 8.43. The van der Waals surface area contributed by atoms with E-state index < -0.39 is 0 Å². The minimum absolute atomic E-state index is 0.280. The first kappa shape index (κ1) is 8.48. The Kier molecular flexibility index (Phi) is 1.71. The maximum Gasteiger partial charge on any atom is 0.0990 e. The summed E-state index contributed by atoms with van der Waals surface area (Å²) in [5.74, 6) is 2.14. The van der Waals surface area contributed by atoms with Crippen LogP contribution in [0.1, 0.15) is 31.1 Å². The van der Waals surface area contributed by atoms with Crippen LogP contribution in [0.3, 0.4) is 0 Å². The van der Waals surface area contributed by atoms with Crippen LogP contribution in [0.4, 0.5) is 0 Å². The monoisotopic (exact) mass is 192 g/mol. The fourth-order valence-corrected chi connectivity index (χ4v) is 3.22. The SMILES string of the molecule is Cn1nccc1C(O)C1C2CCCC21. The van der Waals surface area contributed by atoms with Crippen molar-refractivity contribution in [2.75, 3.05) is 0 Å². The summed E-state index contributed by atoms with van der Waals surface area (Å²) in [4.78, 5) is 0. The molecule has 0 amide bonds. The van der Waals surface area contributed by atoms with Crippen LogP contribution in [-0.2, 0) is 7.05 Å². The van der Waals surface area contributed by atoms with Gasteiger partial charge < -0.3 is 5.11 Å². The van der Waals surface area contributed by atoms with Crippen LogP contribution in [0, 0.1) is 17.8 Å². The van der Waals surface area contributed by atoms with E-state index in [1.165, 1.54) is 19.3 Å². The van der Waals surface area contributed by atoms with Gasteiger partial charge in [0.05, 0.1) is 11.8 Å². The molecular weight excluding hydrogens is 176 g/mol. The second-order valence-corrected chi connectivity index (χ2v) is 4.66. The first-order valence-electron chi connectivity index (χ1n) is 5.45. The smallest absolute Gasteiger partial charge is 0.0990 e. The van der Waals surface area contributed by atoms with Crippen LogP contribution in [0.15, 0.2) is 12.3 Å². The van der Waals surface area contributed by atoms with Gasteiger partial charge in [-0.3, -0.25) is 4.68 Å². The fourth-order valence-electron chi connectivity index (χ4n) is 3.22. The molecule has 2 saturated carbocycles. The van der Waals surface area contributed by atoms with Gasteiger partial charge in [-0.1, -0.05) is 6.42 Å². The highest BCUT2D eigenvalue weighted by Crippen LogP contribution is 2.62. The van der Waals surface area contributed by atoms with Crippen molar-refractivity contribution in [2.45, 2.75) is 25.4 Å². The highest BCUT2D eigenvalue weighted by atomic mass is 16.3. The summed E-state index contributed by atoms with van der Waals surface area (Å²) in [5.41, 5.74) is 0.976. The number of aliphatic hydroxyl groups is 1. The summed E-state index contributed by atoms with van der Waals surface area (Å²) in [7, 11) is 1.90. The van der Waals surface area contributed by atoms with Gasteiger partial charge >= 0.3 is 0 Å². The van der Waals surface area contributed by atoms with Crippen molar-refractivity contribution in [2.24, 2.45) is 24.8 Å². The Morgan fingerprint density at radius 3 is 2.79 bits per heavy atom. The highest BCUT2D eigenvalue weighted by molar-refractivity contribution is 5.14. The Bertz CT molecular complexity index is 337. The lowest BCUT2D eigenvalue weighted by Gasteiger charge is -2.12. The van der Waals surface area contributed by atoms with E-state index in [4.69, 9.17) is 0 Å². The highest BCUT2D eigenvalue weighted by Gasteiger charge is 2.56. The van der Waals surface area contributed by atoms with E-state index in [9.17, 15) is 5.11 Å². The number of fused-ring (bicyclic) bond motifs is 1. The molecule has 3 rings (SSSR count). The first-order valence-corrected chi connectivity index (χ1v) is 5.45. The van der Waals surface area contributed by atoms with Gasteiger partial charge in [-0.2, -0.15) is 5.10 Å². The van der Waals surface area contributed by atoms with Crippen LogP contribution < -0.4 is 0 Å². The first-order chi connectivity index (χ1) is 6.79. The standard InChI is InChI=1S/C11H16N2O/c1-13-9(5-6-12-13)11(14)10-7-3-2-4-8(7)10/h5-8,10-11,14H,2-4H2,1H3. The van der Waals surface area contributed by atoms with Crippen LogP contribution >= 0.6 is 0 Å². The fraction of sp³-hybridized carbons (Fsp3) is 0.727. The molecular formula is C11H16N2O. The van der Waals surface area contributed by atoms with Crippen LogP contribution in [0.25, 0.3) is 0 Å². The largest absolute Gasteiger partial charge is 0.387 e. The molecule has 0 aromatic carbocycles. The number of hydrogen-bond acceptors (Lipinski definition) is 2. The van der Waals surface area contributed by atoms with Crippen LogP contribution in [0.2, 0.25) is 0 Å². The zero-order chi connectivity index (χ0) is 9.71. The van der Waals surface area contributed by atoms with E-state index in [1.54, 1.807) is 10.9 Å². The van der Waals surface area contributed by atoms with Crippen molar-refractivity contribution in [3.05, 3.63) is 18.0 Å². The Hall–Kier alpha value is -0.830. The van der Waals surface area contributed by atoms with Crippen molar-refractivity contribution in [3.63, 3.8) is 0 Å². The average molecular weight is 192 g/mol. The third kappa shape index (κ3) is 1.05. The van der Waals surface area contributed by atoms with Gasteiger partial charge in [0.15, 0.2) is 0 Å². The Balaban J connectivity index is 1.78. The molecule has 1 aromatic heterocycles. The van der Waals surface area contributed by atoms with E-state index in [2.05, 4.69) is 5.10 Å². The average Bonchev–Trinajstić information content (AvgIpc) is 2.57. The Labute approximate surface area is 83.7 Å². The van der Waals surface area contributed by atoms with Gasteiger partial charge in [-0.05, 0) is 36.7 Å². The Morgan fingerprint density at radius 1 is 1.50 bits per heavy atom. The molecule has 3 atom stereocenters. The van der Waals surface area contributed by atoms with Crippen molar-refractivity contribution >= 4 is 0 Å². The number of aliphatic hydroxyl groups excluding tert-OH is 1. The molecule has 2 aliphatic rings. The van der Waals surface area contributed by atoms with Gasteiger partial charge in [-0.15, -0.1) is 0 Å². The predicted molar refractivity (Wildman–Crippen MR) is 52.5 cm³/mol. The minimum atomic E-state index is -0.280. The van der Waals surface area contributed by atoms with E-state index in [-0.39, 0.29) is 6.10 Å². The third-order valence-electron chi connectivity index (χ3n) is 4.00. The zero-order valence-electron chi connectivity index (χ0n) is 8.43. The molecule has 0 radical (unpaired) electrons. The normalized spacial score (nSPS) is 36.9. The van der Waals surface area contributed by atoms with E-state index in [0.717, 1.165) is 17.5 Å². The van der Waals surface area contributed by atoms with Gasteiger partial charge in [0, 0.05) is 13.2 Å². The van der Waals surface area contributed by atoms with Gasteiger partial charge in [0.2, 0.25) is 0 Å². The summed E-state index contributed by atoms with van der Waals surface area (Å²) in [6, 6.07) is 1.93. The summed E-state index contributed by atoms with van der Waals surface area (Å²) in [6.45, 7) is 0. The molecule has 3 heteroatoms. The Morgan fingerprint density at radius 2 is 2.21 bits per heavy atom. The molecule has 3 nitrogen and oxygen atoms in total. The van der Waals surface area contributed by atoms with Gasteiger partial charge in [0.1, 0.15) is 0 Å². The number of aromatic nitrogens is 2. The van der Waals surface area contributed by atoms with Crippen LogP contribution in [-0.4, -0.2) is 14.9 Å².